The largest absolute Gasteiger partial charge is 0.396 e. The Hall–Kier alpha value is -0.800. The minimum atomic E-state index is -0.274. The molecule has 0 atom stereocenters. The van der Waals surface area contributed by atoms with Crippen LogP contribution in [0.15, 0.2) is 24.3 Å². The number of aliphatic hydroxyl groups is 1. The van der Waals surface area contributed by atoms with Gasteiger partial charge in [0, 0.05) is 11.5 Å². The van der Waals surface area contributed by atoms with Crippen LogP contribution in [0.4, 0.5) is 4.39 Å². The highest BCUT2D eigenvalue weighted by molar-refractivity contribution is 7.80. The first-order chi connectivity index (χ1) is 6.24. The average Bonchev–Trinajstić information content (AvgIpc) is 2.14. The molecule has 0 radical (unpaired) electrons. The van der Waals surface area contributed by atoms with Crippen LogP contribution in [-0.2, 0) is 0 Å². The first-order valence-electron chi connectivity index (χ1n) is 4.13. The third-order valence-corrected chi connectivity index (χ3v) is 2.15. The molecule has 0 heterocycles. The van der Waals surface area contributed by atoms with Crippen molar-refractivity contribution in [3.8, 4) is 0 Å². The molecule has 1 rings (SSSR count). The van der Waals surface area contributed by atoms with Gasteiger partial charge < -0.3 is 5.11 Å². The fraction of sp³-hybridized carbons (Fsp3) is 0.300. The molecule has 1 aromatic rings. The van der Waals surface area contributed by atoms with Gasteiger partial charge in [-0.2, -0.15) is 0 Å². The Kier molecular flexibility index (Phi) is 3.99. The van der Waals surface area contributed by atoms with E-state index in [1.165, 1.54) is 12.1 Å². The zero-order valence-corrected chi connectivity index (χ0v) is 7.98. The Bertz CT molecular complexity index is 299. The van der Waals surface area contributed by atoms with E-state index in [0.29, 0.717) is 17.7 Å². The molecule has 0 aliphatic carbocycles. The molecule has 0 saturated carbocycles. The summed E-state index contributed by atoms with van der Waals surface area (Å²) < 4.78 is 12.7. The lowest BCUT2D eigenvalue weighted by atomic mass is 10.1. The van der Waals surface area contributed by atoms with Crippen LogP contribution in [0.5, 0.6) is 0 Å². The molecule has 0 aliphatic heterocycles. The van der Waals surface area contributed by atoms with Gasteiger partial charge in [0.1, 0.15) is 5.82 Å². The summed E-state index contributed by atoms with van der Waals surface area (Å²) in [6.07, 6.45) is 1.27. The lowest BCUT2D eigenvalue weighted by molar-refractivity contribution is 0.291. The quantitative estimate of drug-likeness (QED) is 0.592. The van der Waals surface area contributed by atoms with Crippen molar-refractivity contribution in [3.63, 3.8) is 0 Å². The molecular weight excluding hydrogens is 187 g/mol. The normalized spacial score (nSPS) is 10.0. The highest BCUT2D eigenvalue weighted by atomic mass is 32.1. The van der Waals surface area contributed by atoms with Gasteiger partial charge in [-0.3, -0.25) is 0 Å². The van der Waals surface area contributed by atoms with Crippen molar-refractivity contribution in [1.29, 1.82) is 0 Å². The van der Waals surface area contributed by atoms with Crippen LogP contribution in [0.2, 0.25) is 0 Å². The summed E-state index contributed by atoms with van der Waals surface area (Å²) in [6, 6.07) is 6.22. The van der Waals surface area contributed by atoms with Gasteiger partial charge in [0.05, 0.1) is 0 Å². The highest BCUT2D eigenvalue weighted by Crippen LogP contribution is 2.08. The fourth-order valence-electron chi connectivity index (χ4n) is 1.05. The van der Waals surface area contributed by atoms with E-state index in [2.05, 4.69) is 0 Å². The SMILES string of the molecule is OCCCC(=S)c1cccc(F)c1. The van der Waals surface area contributed by atoms with Gasteiger partial charge in [-0.1, -0.05) is 24.4 Å². The molecule has 13 heavy (non-hydrogen) atoms. The van der Waals surface area contributed by atoms with Crippen molar-refractivity contribution in [2.45, 2.75) is 12.8 Å². The van der Waals surface area contributed by atoms with E-state index < -0.39 is 0 Å². The predicted molar refractivity (Wildman–Crippen MR) is 54.4 cm³/mol. The molecule has 0 fully saturated rings. The van der Waals surface area contributed by atoms with E-state index in [4.69, 9.17) is 17.3 Å². The number of hydrogen-bond donors (Lipinski definition) is 1. The Morgan fingerprint density at radius 1 is 1.46 bits per heavy atom. The van der Waals surface area contributed by atoms with E-state index in [1.807, 2.05) is 0 Å². The molecule has 1 aromatic carbocycles. The molecule has 0 saturated heterocycles. The van der Waals surface area contributed by atoms with Crippen LogP contribution in [0, 0.1) is 5.82 Å². The third-order valence-electron chi connectivity index (χ3n) is 1.71. The molecule has 0 aromatic heterocycles. The van der Waals surface area contributed by atoms with Crippen LogP contribution in [0.1, 0.15) is 18.4 Å². The van der Waals surface area contributed by atoms with Crippen LogP contribution < -0.4 is 0 Å². The zero-order chi connectivity index (χ0) is 9.68. The minimum absolute atomic E-state index is 0.120. The second kappa shape index (κ2) is 5.04. The summed E-state index contributed by atoms with van der Waals surface area (Å²) in [5.41, 5.74) is 0.739. The summed E-state index contributed by atoms with van der Waals surface area (Å²) >= 11 is 5.07. The van der Waals surface area contributed by atoms with E-state index in [-0.39, 0.29) is 12.4 Å². The molecule has 1 N–H and O–H groups in total. The molecule has 0 bridgehead atoms. The second-order valence-electron chi connectivity index (χ2n) is 2.76. The summed E-state index contributed by atoms with van der Waals surface area (Å²) in [6.45, 7) is 0.120. The van der Waals surface area contributed by atoms with Gasteiger partial charge in [0.25, 0.3) is 0 Å². The highest BCUT2D eigenvalue weighted by Gasteiger charge is 2.01. The van der Waals surface area contributed by atoms with E-state index in [1.54, 1.807) is 12.1 Å². The maximum Gasteiger partial charge on any atom is 0.123 e. The Morgan fingerprint density at radius 3 is 2.85 bits per heavy atom. The van der Waals surface area contributed by atoms with Crippen LogP contribution >= 0.6 is 12.2 Å². The number of rotatable bonds is 4. The number of halogens is 1. The minimum Gasteiger partial charge on any atom is -0.396 e. The summed E-state index contributed by atoms with van der Waals surface area (Å²) in [4.78, 5) is 0.702. The monoisotopic (exact) mass is 198 g/mol. The molecular formula is C10H11FOS. The van der Waals surface area contributed by atoms with Crippen molar-refractivity contribution >= 4 is 17.1 Å². The number of aliphatic hydroxyl groups excluding tert-OH is 1. The first kappa shape index (κ1) is 10.3. The molecule has 0 amide bonds. The number of hydrogen-bond acceptors (Lipinski definition) is 2. The van der Waals surface area contributed by atoms with Crippen LogP contribution in [0.25, 0.3) is 0 Å². The van der Waals surface area contributed by atoms with Crippen molar-refractivity contribution in [2.24, 2.45) is 0 Å². The Morgan fingerprint density at radius 2 is 2.23 bits per heavy atom. The molecule has 0 unspecified atom stereocenters. The van der Waals surface area contributed by atoms with Crippen LogP contribution in [0.3, 0.4) is 0 Å². The smallest absolute Gasteiger partial charge is 0.123 e. The van der Waals surface area contributed by atoms with Gasteiger partial charge in [-0.15, -0.1) is 0 Å². The fourth-order valence-corrected chi connectivity index (χ4v) is 1.32. The molecule has 0 aliphatic rings. The van der Waals surface area contributed by atoms with Gasteiger partial charge in [-0.25, -0.2) is 4.39 Å². The van der Waals surface area contributed by atoms with Crippen molar-refractivity contribution in [2.75, 3.05) is 6.61 Å². The second-order valence-corrected chi connectivity index (χ2v) is 3.25. The van der Waals surface area contributed by atoms with E-state index in [0.717, 1.165) is 5.56 Å². The third kappa shape index (κ3) is 3.20. The number of benzene rings is 1. The molecule has 0 spiro atoms. The van der Waals surface area contributed by atoms with Gasteiger partial charge >= 0.3 is 0 Å². The zero-order valence-electron chi connectivity index (χ0n) is 7.16. The summed E-state index contributed by atoms with van der Waals surface area (Å²) in [5.74, 6) is -0.274. The summed E-state index contributed by atoms with van der Waals surface area (Å²) in [7, 11) is 0. The predicted octanol–water partition coefficient (Wildman–Crippen LogP) is 2.32. The van der Waals surface area contributed by atoms with Crippen molar-refractivity contribution in [1.82, 2.24) is 0 Å². The van der Waals surface area contributed by atoms with Crippen LogP contribution in [-0.4, -0.2) is 16.6 Å². The summed E-state index contributed by atoms with van der Waals surface area (Å²) in [5, 5.41) is 8.58. The number of thiocarbonyl (C=S) groups is 1. The lowest BCUT2D eigenvalue weighted by Crippen LogP contribution is -1.99. The molecule has 3 heteroatoms. The Balaban J connectivity index is 2.66. The maximum atomic E-state index is 12.7. The van der Waals surface area contributed by atoms with Crippen molar-refractivity contribution < 1.29 is 9.50 Å². The Labute approximate surface area is 82.2 Å². The van der Waals surface area contributed by atoms with E-state index >= 15 is 0 Å². The topological polar surface area (TPSA) is 20.2 Å². The van der Waals surface area contributed by atoms with Gasteiger partial charge in [0.2, 0.25) is 0 Å². The first-order valence-corrected chi connectivity index (χ1v) is 4.54. The molecule has 70 valence electrons. The molecule has 1 nitrogen and oxygen atoms in total. The lowest BCUT2D eigenvalue weighted by Gasteiger charge is -2.02. The van der Waals surface area contributed by atoms with E-state index in [9.17, 15) is 4.39 Å². The van der Waals surface area contributed by atoms with Gasteiger partial charge in [0.15, 0.2) is 0 Å². The van der Waals surface area contributed by atoms with Gasteiger partial charge in [-0.05, 0) is 30.5 Å². The maximum absolute atomic E-state index is 12.7. The van der Waals surface area contributed by atoms with Crippen molar-refractivity contribution in [3.05, 3.63) is 35.6 Å². The standard InChI is InChI=1S/C10H11FOS/c11-9-4-1-3-8(7-9)10(13)5-2-6-12/h1,3-4,7,12H,2,5-6H2. The average molecular weight is 198 g/mol.